The summed E-state index contributed by atoms with van der Waals surface area (Å²) in [6, 6.07) is 18.0. The Balaban J connectivity index is 1.76. The third-order valence-corrected chi connectivity index (χ3v) is 5.71. The van der Waals surface area contributed by atoms with E-state index in [1.165, 1.54) is 31.2 Å². The second kappa shape index (κ2) is 7.45. The molecule has 0 aliphatic heterocycles. The zero-order valence-corrected chi connectivity index (χ0v) is 15.5. The molecular formula is C19H17ClN2O3S. The summed E-state index contributed by atoms with van der Waals surface area (Å²) in [5, 5.41) is 5.09. The SMILES string of the molecule is C[C@H](NS(=O)(=O)c1ccc(Cl)cc1)C(=O)Nc1cccc2ccccc12. The van der Waals surface area contributed by atoms with Crippen LogP contribution in [-0.4, -0.2) is 20.4 Å². The van der Waals surface area contributed by atoms with Crippen LogP contribution in [0.5, 0.6) is 0 Å². The van der Waals surface area contributed by atoms with Crippen molar-refractivity contribution >= 4 is 44.0 Å². The third-order valence-electron chi connectivity index (χ3n) is 3.90. The molecule has 0 bridgehead atoms. The van der Waals surface area contributed by atoms with Crippen LogP contribution in [0.4, 0.5) is 5.69 Å². The van der Waals surface area contributed by atoms with E-state index in [1.54, 1.807) is 6.07 Å². The molecule has 7 heteroatoms. The van der Waals surface area contributed by atoms with Gasteiger partial charge in [0.25, 0.3) is 0 Å². The van der Waals surface area contributed by atoms with Gasteiger partial charge in [0.15, 0.2) is 0 Å². The lowest BCUT2D eigenvalue weighted by atomic mass is 10.1. The predicted molar refractivity (Wildman–Crippen MR) is 104 cm³/mol. The first-order valence-corrected chi connectivity index (χ1v) is 9.79. The summed E-state index contributed by atoms with van der Waals surface area (Å²) in [6.45, 7) is 1.49. The molecule has 0 spiro atoms. The molecule has 5 nitrogen and oxygen atoms in total. The minimum absolute atomic E-state index is 0.0479. The Morgan fingerprint density at radius 1 is 0.962 bits per heavy atom. The Morgan fingerprint density at radius 3 is 2.35 bits per heavy atom. The first kappa shape index (κ1) is 18.4. The smallest absolute Gasteiger partial charge is 0.242 e. The molecule has 0 saturated heterocycles. The largest absolute Gasteiger partial charge is 0.324 e. The fourth-order valence-corrected chi connectivity index (χ4v) is 3.87. The fourth-order valence-electron chi connectivity index (χ4n) is 2.54. The minimum atomic E-state index is -3.83. The van der Waals surface area contributed by atoms with Crippen molar-refractivity contribution in [2.45, 2.75) is 17.9 Å². The highest BCUT2D eigenvalue weighted by Gasteiger charge is 2.22. The third kappa shape index (κ3) is 4.04. The number of amides is 1. The summed E-state index contributed by atoms with van der Waals surface area (Å²) in [4.78, 5) is 12.5. The Morgan fingerprint density at radius 2 is 1.62 bits per heavy atom. The lowest BCUT2D eigenvalue weighted by Gasteiger charge is -2.15. The zero-order chi connectivity index (χ0) is 18.7. The maximum absolute atomic E-state index is 12.5. The van der Waals surface area contributed by atoms with Gasteiger partial charge in [0.2, 0.25) is 15.9 Å². The number of halogens is 1. The number of carbonyl (C=O) groups is 1. The first-order valence-electron chi connectivity index (χ1n) is 7.93. The molecule has 3 aromatic rings. The zero-order valence-electron chi connectivity index (χ0n) is 13.9. The second-order valence-corrected chi connectivity index (χ2v) is 7.96. The summed E-state index contributed by atoms with van der Waals surface area (Å²) in [5.41, 5.74) is 0.630. The number of benzene rings is 3. The molecule has 3 aromatic carbocycles. The highest BCUT2D eigenvalue weighted by atomic mass is 35.5. The van der Waals surface area contributed by atoms with Gasteiger partial charge in [-0.05, 0) is 42.6 Å². The fraction of sp³-hybridized carbons (Fsp3) is 0.105. The Hall–Kier alpha value is -2.41. The molecule has 0 aromatic heterocycles. The van der Waals surface area contributed by atoms with E-state index in [-0.39, 0.29) is 4.90 Å². The number of fused-ring (bicyclic) bond motifs is 1. The Bertz CT molecular complexity index is 1040. The van der Waals surface area contributed by atoms with Crippen LogP contribution in [0.15, 0.2) is 71.6 Å². The van der Waals surface area contributed by atoms with Crippen molar-refractivity contribution in [2.75, 3.05) is 5.32 Å². The summed E-state index contributed by atoms with van der Waals surface area (Å²) >= 11 is 5.78. The summed E-state index contributed by atoms with van der Waals surface area (Å²) in [5.74, 6) is -0.445. The maximum atomic E-state index is 12.5. The van der Waals surface area contributed by atoms with Crippen molar-refractivity contribution < 1.29 is 13.2 Å². The van der Waals surface area contributed by atoms with Gasteiger partial charge in [-0.25, -0.2) is 8.42 Å². The van der Waals surface area contributed by atoms with Gasteiger partial charge in [0.1, 0.15) is 0 Å². The van der Waals surface area contributed by atoms with E-state index >= 15 is 0 Å². The Kier molecular flexibility index (Phi) is 5.27. The summed E-state index contributed by atoms with van der Waals surface area (Å²) in [6.07, 6.45) is 0. The van der Waals surface area contributed by atoms with Crippen molar-refractivity contribution in [2.24, 2.45) is 0 Å². The van der Waals surface area contributed by atoms with Gasteiger partial charge in [0.05, 0.1) is 10.9 Å². The average Bonchev–Trinajstić information content (AvgIpc) is 2.62. The number of hydrogen-bond acceptors (Lipinski definition) is 3. The number of carbonyl (C=O) groups excluding carboxylic acids is 1. The van der Waals surface area contributed by atoms with E-state index in [4.69, 9.17) is 11.6 Å². The highest BCUT2D eigenvalue weighted by molar-refractivity contribution is 7.89. The lowest BCUT2D eigenvalue weighted by molar-refractivity contribution is -0.117. The first-order chi connectivity index (χ1) is 12.4. The van der Waals surface area contributed by atoms with Crippen LogP contribution in [0.3, 0.4) is 0 Å². The molecule has 0 heterocycles. The second-order valence-electron chi connectivity index (χ2n) is 5.81. The molecule has 1 atom stereocenters. The van der Waals surface area contributed by atoms with Crippen LogP contribution < -0.4 is 10.0 Å². The molecular weight excluding hydrogens is 372 g/mol. The molecule has 0 aliphatic rings. The van der Waals surface area contributed by atoms with Crippen molar-refractivity contribution in [1.29, 1.82) is 0 Å². The number of rotatable bonds is 5. The highest BCUT2D eigenvalue weighted by Crippen LogP contribution is 2.23. The van der Waals surface area contributed by atoms with Crippen LogP contribution in [-0.2, 0) is 14.8 Å². The molecule has 3 rings (SSSR count). The number of nitrogens with one attached hydrogen (secondary N) is 2. The monoisotopic (exact) mass is 388 g/mol. The standard InChI is InChI=1S/C19H17ClN2O3S/c1-13(22-26(24,25)16-11-9-15(20)10-12-16)19(23)21-18-8-4-6-14-5-2-3-7-17(14)18/h2-13,22H,1H3,(H,21,23)/t13-/m0/s1. The van der Waals surface area contributed by atoms with Crippen molar-refractivity contribution in [3.63, 3.8) is 0 Å². The molecule has 0 fully saturated rings. The lowest BCUT2D eigenvalue weighted by Crippen LogP contribution is -2.41. The van der Waals surface area contributed by atoms with Crippen molar-refractivity contribution in [3.05, 3.63) is 71.8 Å². The number of anilines is 1. The quantitative estimate of drug-likeness (QED) is 0.698. The normalized spacial score (nSPS) is 12.7. The maximum Gasteiger partial charge on any atom is 0.242 e. The van der Waals surface area contributed by atoms with Gasteiger partial charge < -0.3 is 5.32 Å². The molecule has 1 amide bonds. The molecule has 134 valence electrons. The van der Waals surface area contributed by atoms with Crippen LogP contribution in [0.25, 0.3) is 10.8 Å². The topological polar surface area (TPSA) is 75.3 Å². The van der Waals surface area contributed by atoms with Gasteiger partial charge in [-0.15, -0.1) is 0 Å². The van der Waals surface area contributed by atoms with Crippen LogP contribution in [0.2, 0.25) is 5.02 Å². The Labute approximate surface area is 157 Å². The van der Waals surface area contributed by atoms with Crippen molar-refractivity contribution in [3.8, 4) is 0 Å². The number of sulfonamides is 1. The van der Waals surface area contributed by atoms with E-state index in [2.05, 4.69) is 10.0 Å². The van der Waals surface area contributed by atoms with Gasteiger partial charge in [-0.1, -0.05) is 48.0 Å². The van der Waals surface area contributed by atoms with E-state index in [9.17, 15) is 13.2 Å². The average molecular weight is 389 g/mol. The van der Waals surface area contributed by atoms with Gasteiger partial charge >= 0.3 is 0 Å². The van der Waals surface area contributed by atoms with E-state index in [0.29, 0.717) is 10.7 Å². The molecule has 0 aliphatic carbocycles. The molecule has 0 saturated carbocycles. The van der Waals surface area contributed by atoms with Crippen LogP contribution in [0.1, 0.15) is 6.92 Å². The predicted octanol–water partition coefficient (Wildman–Crippen LogP) is 3.80. The van der Waals surface area contributed by atoms with Gasteiger partial charge in [-0.3, -0.25) is 4.79 Å². The van der Waals surface area contributed by atoms with Gasteiger partial charge in [0, 0.05) is 16.1 Å². The summed E-state index contributed by atoms with van der Waals surface area (Å²) in [7, 11) is -3.83. The molecule has 0 radical (unpaired) electrons. The molecule has 26 heavy (non-hydrogen) atoms. The van der Waals surface area contributed by atoms with E-state index < -0.39 is 22.0 Å². The van der Waals surface area contributed by atoms with Gasteiger partial charge in [-0.2, -0.15) is 4.72 Å². The van der Waals surface area contributed by atoms with E-state index in [1.807, 2.05) is 36.4 Å². The van der Waals surface area contributed by atoms with Crippen LogP contribution in [0, 0.1) is 0 Å². The minimum Gasteiger partial charge on any atom is -0.324 e. The number of hydrogen-bond donors (Lipinski definition) is 2. The molecule has 0 unspecified atom stereocenters. The van der Waals surface area contributed by atoms with E-state index in [0.717, 1.165) is 10.8 Å². The summed E-state index contributed by atoms with van der Waals surface area (Å²) < 4.78 is 27.2. The van der Waals surface area contributed by atoms with Crippen LogP contribution >= 0.6 is 11.6 Å². The molecule has 2 N–H and O–H groups in total. The van der Waals surface area contributed by atoms with Crippen molar-refractivity contribution in [1.82, 2.24) is 4.72 Å².